The van der Waals surface area contributed by atoms with Crippen molar-refractivity contribution < 1.29 is 22.7 Å². The number of pyridine rings is 1. The number of rotatable bonds is 5. The summed E-state index contributed by atoms with van der Waals surface area (Å²) < 4.78 is 42.0. The van der Waals surface area contributed by atoms with Crippen LogP contribution in [0.1, 0.15) is 76.1 Å². The summed E-state index contributed by atoms with van der Waals surface area (Å²) in [5.41, 5.74) is 0.302. The maximum atomic E-state index is 13.6. The molecular weight excluding hydrogens is 554 g/mol. The molecule has 1 aliphatic carbocycles. The first kappa shape index (κ1) is 28.5. The Kier molecular flexibility index (Phi) is 7.41. The van der Waals surface area contributed by atoms with Crippen LogP contribution in [0.4, 0.5) is 5.82 Å². The third-order valence-corrected chi connectivity index (χ3v) is 10.2. The zero-order valence-corrected chi connectivity index (χ0v) is 25.3. The Morgan fingerprint density at radius 2 is 1.86 bits per heavy atom. The monoisotopic (exact) mass is 593 g/mol. The van der Waals surface area contributed by atoms with Crippen molar-refractivity contribution in [3.05, 3.63) is 54.2 Å². The van der Waals surface area contributed by atoms with E-state index in [2.05, 4.69) is 35.5 Å². The summed E-state index contributed by atoms with van der Waals surface area (Å²) in [7, 11) is -4.12. The second-order valence-corrected chi connectivity index (χ2v) is 14.5. The van der Waals surface area contributed by atoms with Crippen LogP contribution in [0.15, 0.2) is 53.6 Å². The summed E-state index contributed by atoms with van der Waals surface area (Å²) >= 11 is 0. The van der Waals surface area contributed by atoms with Crippen LogP contribution in [0.5, 0.6) is 11.6 Å². The zero-order chi connectivity index (χ0) is 29.5. The Labute approximate surface area is 247 Å². The van der Waals surface area contributed by atoms with Crippen LogP contribution in [0, 0.1) is 11.3 Å². The predicted octanol–water partition coefficient (Wildman–Crippen LogP) is 5.12. The van der Waals surface area contributed by atoms with Crippen LogP contribution in [-0.2, 0) is 10.0 Å². The molecule has 4 bridgehead atoms. The summed E-state index contributed by atoms with van der Waals surface area (Å²) in [6.45, 7) is 8.43. The van der Waals surface area contributed by atoms with Crippen molar-refractivity contribution in [2.24, 2.45) is 11.3 Å². The van der Waals surface area contributed by atoms with Crippen LogP contribution in [-0.4, -0.2) is 54.4 Å². The second kappa shape index (κ2) is 10.9. The highest BCUT2D eigenvalue weighted by atomic mass is 32.2. The molecule has 4 aliphatic rings. The fourth-order valence-corrected chi connectivity index (χ4v) is 6.92. The minimum Gasteiger partial charge on any atom is -0.494 e. The lowest BCUT2D eigenvalue weighted by molar-refractivity contribution is 0.0981. The van der Waals surface area contributed by atoms with E-state index in [0.717, 1.165) is 32.1 Å². The van der Waals surface area contributed by atoms with E-state index in [1.807, 2.05) is 0 Å². The van der Waals surface area contributed by atoms with E-state index >= 15 is 0 Å². The number of anilines is 1. The molecule has 3 aliphatic heterocycles. The first-order chi connectivity index (χ1) is 20.0. The Hall–Kier alpha value is -3.60. The lowest BCUT2D eigenvalue weighted by Crippen LogP contribution is -2.41. The van der Waals surface area contributed by atoms with Crippen molar-refractivity contribution in [2.75, 3.05) is 24.7 Å². The molecule has 1 saturated heterocycles. The van der Waals surface area contributed by atoms with Gasteiger partial charge in [0.05, 0.1) is 23.7 Å². The first-order valence-electron chi connectivity index (χ1n) is 14.8. The minimum absolute atomic E-state index is 0.0139. The van der Waals surface area contributed by atoms with Crippen LogP contribution in [0.3, 0.4) is 0 Å². The fourth-order valence-electron chi connectivity index (χ4n) is 5.96. The van der Waals surface area contributed by atoms with E-state index in [1.54, 1.807) is 41.2 Å². The molecule has 1 aromatic carbocycles. The van der Waals surface area contributed by atoms with Crippen molar-refractivity contribution in [2.45, 2.75) is 76.2 Å². The fraction of sp³-hybridized carbons (Fsp3) is 0.516. The Morgan fingerprint density at radius 1 is 1.07 bits per heavy atom. The Bertz CT molecular complexity index is 1560. The van der Waals surface area contributed by atoms with Gasteiger partial charge in [-0.1, -0.05) is 6.92 Å². The van der Waals surface area contributed by atoms with Gasteiger partial charge in [-0.25, -0.2) is 22.8 Å². The summed E-state index contributed by atoms with van der Waals surface area (Å²) in [6, 6.07) is 11.2. The van der Waals surface area contributed by atoms with Gasteiger partial charge in [-0.05, 0) is 107 Å². The molecule has 1 atom stereocenters. The van der Waals surface area contributed by atoms with E-state index in [0.29, 0.717) is 54.4 Å². The summed E-state index contributed by atoms with van der Waals surface area (Å²) in [4.78, 5) is 20.6. The lowest BCUT2D eigenvalue weighted by atomic mass is 9.93. The van der Waals surface area contributed by atoms with E-state index in [1.165, 1.54) is 25.0 Å². The van der Waals surface area contributed by atoms with Gasteiger partial charge in [0, 0.05) is 24.3 Å². The molecule has 5 heterocycles. The van der Waals surface area contributed by atoms with Gasteiger partial charge >= 0.3 is 0 Å². The first-order valence-corrected chi connectivity index (χ1v) is 16.3. The molecule has 1 amide bonds. The van der Waals surface area contributed by atoms with E-state index < -0.39 is 15.9 Å². The van der Waals surface area contributed by atoms with Crippen molar-refractivity contribution in [3.63, 3.8) is 0 Å². The number of amides is 1. The van der Waals surface area contributed by atoms with E-state index in [9.17, 15) is 13.2 Å². The predicted molar refractivity (Wildman–Crippen MR) is 159 cm³/mol. The maximum absolute atomic E-state index is 13.6. The SMILES string of the molecule is CC1(CCOc2ccn(-c3ccc4c(n3)N3CC(CCCCOc5ccc(cc5)S(=O)(=O)NC4=O)CC3(C)C)n2)CC1. The number of carbonyl (C=O) groups is 1. The third-order valence-electron chi connectivity index (χ3n) is 8.82. The van der Waals surface area contributed by atoms with Crippen molar-refractivity contribution in [1.29, 1.82) is 0 Å². The molecule has 0 spiro atoms. The van der Waals surface area contributed by atoms with Gasteiger partial charge in [-0.15, -0.1) is 5.10 Å². The molecule has 1 saturated carbocycles. The molecule has 2 fully saturated rings. The number of carbonyl (C=O) groups excluding carboxylic acids is 1. The molecule has 1 N–H and O–H groups in total. The van der Waals surface area contributed by atoms with Crippen molar-refractivity contribution in [1.82, 2.24) is 19.5 Å². The zero-order valence-electron chi connectivity index (χ0n) is 24.5. The summed E-state index contributed by atoms with van der Waals surface area (Å²) in [5, 5.41) is 4.57. The number of aromatic nitrogens is 3. The van der Waals surface area contributed by atoms with E-state index in [-0.39, 0.29) is 16.0 Å². The van der Waals surface area contributed by atoms with Gasteiger partial charge < -0.3 is 14.4 Å². The molecule has 1 unspecified atom stereocenters. The van der Waals surface area contributed by atoms with Crippen LogP contribution < -0.4 is 19.1 Å². The number of nitrogens with zero attached hydrogens (tertiary/aromatic N) is 4. The largest absolute Gasteiger partial charge is 0.494 e. The van der Waals surface area contributed by atoms with Gasteiger partial charge in [0.1, 0.15) is 11.6 Å². The lowest BCUT2D eigenvalue weighted by Gasteiger charge is -2.34. The Balaban J connectivity index is 1.33. The number of hydrogen-bond acceptors (Lipinski definition) is 8. The van der Waals surface area contributed by atoms with Crippen LogP contribution in [0.2, 0.25) is 0 Å². The molecule has 10 nitrogen and oxygen atoms in total. The minimum atomic E-state index is -4.12. The molecule has 0 radical (unpaired) electrons. The highest BCUT2D eigenvalue weighted by Gasteiger charge is 2.41. The molecular formula is C31H39N5O5S. The van der Waals surface area contributed by atoms with Gasteiger partial charge in [-0.3, -0.25) is 4.79 Å². The summed E-state index contributed by atoms with van der Waals surface area (Å²) in [5.74, 6) is 1.75. The summed E-state index contributed by atoms with van der Waals surface area (Å²) in [6.07, 6.45) is 9.14. The van der Waals surface area contributed by atoms with Gasteiger partial charge in [0.25, 0.3) is 15.9 Å². The number of nitrogens with one attached hydrogen (secondary N) is 1. The van der Waals surface area contributed by atoms with Crippen LogP contribution in [0.25, 0.3) is 5.82 Å². The number of benzene rings is 1. The standard InChI is InChI=1S/C31H39N5O5S/c1-30(2)20-22-6-4-5-18-40-23-7-9-24(10-8-23)42(38,39)34-29(37)25-11-12-26(32-28(25)35(30)21-22)36-17-13-27(33-36)41-19-16-31(3)14-15-31/h7-13,17,22H,4-6,14-16,18-21H2,1-3H3,(H,34,37). The molecule has 3 aromatic rings. The highest BCUT2D eigenvalue weighted by Crippen LogP contribution is 2.48. The number of fused-ring (bicyclic) bond motifs is 8. The van der Waals surface area contributed by atoms with Crippen LogP contribution >= 0.6 is 0 Å². The normalized spacial score (nSPS) is 22.5. The molecule has 11 heteroatoms. The smallest absolute Gasteiger partial charge is 0.268 e. The number of ether oxygens (including phenoxy) is 2. The molecule has 2 aromatic heterocycles. The average molecular weight is 594 g/mol. The molecule has 7 rings (SSSR count). The van der Waals surface area contributed by atoms with Gasteiger partial charge in [0.2, 0.25) is 5.88 Å². The number of hydrogen-bond donors (Lipinski definition) is 1. The molecule has 224 valence electrons. The van der Waals surface area contributed by atoms with Gasteiger partial charge in [-0.2, -0.15) is 0 Å². The highest BCUT2D eigenvalue weighted by molar-refractivity contribution is 7.90. The average Bonchev–Trinajstić information content (AvgIpc) is 3.35. The van der Waals surface area contributed by atoms with E-state index in [4.69, 9.17) is 14.5 Å². The Morgan fingerprint density at radius 3 is 2.62 bits per heavy atom. The van der Waals surface area contributed by atoms with Crippen molar-refractivity contribution in [3.8, 4) is 17.4 Å². The van der Waals surface area contributed by atoms with Crippen molar-refractivity contribution >= 4 is 21.7 Å². The second-order valence-electron chi connectivity index (χ2n) is 12.8. The molecule has 42 heavy (non-hydrogen) atoms. The quantitative estimate of drug-likeness (QED) is 0.433. The number of sulfonamides is 1. The van der Waals surface area contributed by atoms with Gasteiger partial charge in [0.15, 0.2) is 5.82 Å². The third kappa shape index (κ3) is 6.11. The topological polar surface area (TPSA) is 116 Å². The maximum Gasteiger partial charge on any atom is 0.268 e.